The summed E-state index contributed by atoms with van der Waals surface area (Å²) < 4.78 is 20.3. The highest BCUT2D eigenvalue weighted by molar-refractivity contribution is 6.09. The number of fused-ring (bicyclic) bond motifs is 1. The van der Waals surface area contributed by atoms with Crippen molar-refractivity contribution < 1.29 is 13.9 Å². The van der Waals surface area contributed by atoms with Crippen LogP contribution < -0.4 is 15.0 Å². The van der Waals surface area contributed by atoms with E-state index in [1.807, 2.05) is 31.9 Å². The van der Waals surface area contributed by atoms with Gasteiger partial charge in [-0.3, -0.25) is 4.79 Å². The van der Waals surface area contributed by atoms with Crippen molar-refractivity contribution in [3.8, 4) is 11.8 Å². The SMILES string of the molecule is CCOc1cccc(NC(=O)/C(C#N)=C/c2cc3c(cc2F)N(C)C(C)(C)C=C3C)c1. The number of halogens is 1. The smallest absolute Gasteiger partial charge is 0.266 e. The maximum Gasteiger partial charge on any atom is 0.266 e. The first-order valence-electron chi connectivity index (χ1n) is 10.1. The van der Waals surface area contributed by atoms with Crippen molar-refractivity contribution in [2.45, 2.75) is 33.2 Å². The van der Waals surface area contributed by atoms with E-state index in [0.717, 1.165) is 16.8 Å². The topological polar surface area (TPSA) is 65.4 Å². The van der Waals surface area contributed by atoms with E-state index >= 15 is 0 Å². The summed E-state index contributed by atoms with van der Waals surface area (Å²) >= 11 is 0. The summed E-state index contributed by atoms with van der Waals surface area (Å²) in [6.45, 7) is 8.46. The quantitative estimate of drug-likeness (QED) is 0.520. The van der Waals surface area contributed by atoms with Crippen molar-refractivity contribution in [3.63, 3.8) is 0 Å². The molecule has 5 nitrogen and oxygen atoms in total. The van der Waals surface area contributed by atoms with Crippen molar-refractivity contribution in [2.75, 3.05) is 23.9 Å². The van der Waals surface area contributed by atoms with Gasteiger partial charge in [-0.05, 0) is 63.6 Å². The third kappa shape index (κ3) is 4.61. The van der Waals surface area contributed by atoms with Gasteiger partial charge in [-0.1, -0.05) is 12.1 Å². The lowest BCUT2D eigenvalue weighted by atomic mass is 9.88. The molecule has 0 aromatic heterocycles. The fourth-order valence-corrected chi connectivity index (χ4v) is 3.63. The Hall–Kier alpha value is -3.59. The maximum atomic E-state index is 14.9. The molecule has 2 aromatic rings. The highest BCUT2D eigenvalue weighted by Crippen LogP contribution is 2.39. The molecule has 0 atom stereocenters. The number of carbonyl (C=O) groups is 1. The Labute approximate surface area is 182 Å². The maximum absolute atomic E-state index is 14.9. The fourth-order valence-electron chi connectivity index (χ4n) is 3.63. The molecule has 0 spiro atoms. The van der Waals surface area contributed by atoms with Gasteiger partial charge in [0.15, 0.2) is 0 Å². The van der Waals surface area contributed by atoms with Gasteiger partial charge in [0.25, 0.3) is 5.91 Å². The van der Waals surface area contributed by atoms with Crippen LogP contribution in [0.5, 0.6) is 5.75 Å². The molecule has 0 fully saturated rings. The number of benzene rings is 2. The zero-order valence-electron chi connectivity index (χ0n) is 18.4. The molecule has 1 amide bonds. The molecule has 0 radical (unpaired) electrons. The molecule has 1 N–H and O–H groups in total. The molecular weight excluding hydrogens is 393 g/mol. The minimum atomic E-state index is -0.612. The molecule has 1 heterocycles. The van der Waals surface area contributed by atoms with E-state index in [2.05, 4.69) is 25.2 Å². The van der Waals surface area contributed by atoms with Gasteiger partial charge < -0.3 is 15.0 Å². The summed E-state index contributed by atoms with van der Waals surface area (Å²) in [7, 11) is 1.92. The van der Waals surface area contributed by atoms with E-state index < -0.39 is 11.7 Å². The molecule has 0 bridgehead atoms. The Morgan fingerprint density at radius 2 is 2.06 bits per heavy atom. The first-order valence-corrected chi connectivity index (χ1v) is 10.1. The average molecular weight is 420 g/mol. The normalized spacial score (nSPS) is 14.9. The van der Waals surface area contributed by atoms with E-state index in [0.29, 0.717) is 18.0 Å². The summed E-state index contributed by atoms with van der Waals surface area (Å²) in [6.07, 6.45) is 3.40. The van der Waals surface area contributed by atoms with Crippen molar-refractivity contribution in [3.05, 3.63) is 65.0 Å². The number of hydrogen-bond donors (Lipinski definition) is 1. The highest BCUT2D eigenvalue weighted by Gasteiger charge is 2.29. The standard InChI is InChI=1S/C25H26FN3O2/c1-6-31-20-9-7-8-19(12-20)28-24(30)18(15-27)10-17-11-21-16(2)14-25(3,4)29(5)23(21)13-22(17)26/h7-14H,6H2,1-5H3,(H,28,30)/b18-10+. The molecule has 1 aliphatic rings. The number of hydrogen-bond acceptors (Lipinski definition) is 4. The molecule has 3 rings (SSSR count). The molecule has 31 heavy (non-hydrogen) atoms. The van der Waals surface area contributed by atoms with Crippen LogP contribution in [0.3, 0.4) is 0 Å². The number of ether oxygens (including phenoxy) is 1. The van der Waals surface area contributed by atoms with Gasteiger partial charge in [-0.15, -0.1) is 0 Å². The van der Waals surface area contributed by atoms with Crippen molar-refractivity contribution >= 4 is 28.9 Å². The van der Waals surface area contributed by atoms with E-state index in [4.69, 9.17) is 4.74 Å². The third-order valence-electron chi connectivity index (χ3n) is 5.40. The lowest BCUT2D eigenvalue weighted by Crippen LogP contribution is -2.42. The second-order valence-electron chi connectivity index (χ2n) is 8.02. The van der Waals surface area contributed by atoms with Crippen LogP contribution in [0.15, 0.2) is 48.0 Å². The number of allylic oxidation sites excluding steroid dienone is 1. The summed E-state index contributed by atoms with van der Waals surface area (Å²) in [5.41, 5.74) is 2.91. The minimum absolute atomic E-state index is 0.188. The van der Waals surface area contributed by atoms with Crippen molar-refractivity contribution in [1.82, 2.24) is 0 Å². The van der Waals surface area contributed by atoms with Gasteiger partial charge in [0.2, 0.25) is 0 Å². The summed E-state index contributed by atoms with van der Waals surface area (Å²) in [4.78, 5) is 14.6. The average Bonchev–Trinajstić information content (AvgIpc) is 2.71. The van der Waals surface area contributed by atoms with Crippen LogP contribution in [0.2, 0.25) is 0 Å². The van der Waals surface area contributed by atoms with Gasteiger partial charge in [0, 0.05) is 35.6 Å². The van der Waals surface area contributed by atoms with Gasteiger partial charge in [0.05, 0.1) is 12.1 Å². The van der Waals surface area contributed by atoms with Gasteiger partial charge >= 0.3 is 0 Å². The lowest BCUT2D eigenvalue weighted by molar-refractivity contribution is -0.112. The Balaban J connectivity index is 1.93. The molecule has 0 saturated carbocycles. The van der Waals surface area contributed by atoms with Crippen LogP contribution in [-0.2, 0) is 4.79 Å². The number of nitrogens with one attached hydrogen (secondary N) is 1. The Morgan fingerprint density at radius 1 is 1.32 bits per heavy atom. The molecule has 160 valence electrons. The number of likely N-dealkylation sites (N-methyl/N-ethyl adjacent to an activating group) is 1. The van der Waals surface area contributed by atoms with E-state index in [1.165, 1.54) is 12.1 Å². The number of amides is 1. The van der Waals surface area contributed by atoms with E-state index in [-0.39, 0.29) is 16.7 Å². The van der Waals surface area contributed by atoms with Gasteiger partial charge in [0.1, 0.15) is 23.2 Å². The van der Waals surface area contributed by atoms with E-state index in [1.54, 1.807) is 30.3 Å². The highest BCUT2D eigenvalue weighted by atomic mass is 19.1. The Bertz CT molecular complexity index is 1130. The Morgan fingerprint density at radius 3 is 2.74 bits per heavy atom. The second kappa shape index (κ2) is 8.65. The number of nitriles is 1. The largest absolute Gasteiger partial charge is 0.494 e. The predicted molar refractivity (Wildman–Crippen MR) is 122 cm³/mol. The summed E-state index contributed by atoms with van der Waals surface area (Å²) in [6, 6.07) is 11.9. The second-order valence-corrected chi connectivity index (χ2v) is 8.02. The number of rotatable bonds is 5. The molecule has 6 heteroatoms. The summed E-state index contributed by atoms with van der Waals surface area (Å²) in [5, 5.41) is 12.2. The van der Waals surface area contributed by atoms with Crippen LogP contribution in [0, 0.1) is 17.1 Å². The Kier molecular flexibility index (Phi) is 6.16. The predicted octanol–water partition coefficient (Wildman–Crippen LogP) is 5.40. The number of anilines is 2. The monoisotopic (exact) mass is 419 g/mol. The van der Waals surface area contributed by atoms with Gasteiger partial charge in [-0.2, -0.15) is 5.26 Å². The van der Waals surface area contributed by atoms with Gasteiger partial charge in [-0.25, -0.2) is 4.39 Å². The van der Waals surface area contributed by atoms with Crippen LogP contribution in [0.4, 0.5) is 15.8 Å². The van der Waals surface area contributed by atoms with Crippen molar-refractivity contribution in [2.24, 2.45) is 0 Å². The lowest BCUT2D eigenvalue weighted by Gasteiger charge is -2.40. The van der Waals surface area contributed by atoms with E-state index in [9.17, 15) is 14.4 Å². The van der Waals surface area contributed by atoms with Crippen LogP contribution in [0.25, 0.3) is 11.6 Å². The number of carbonyl (C=O) groups excluding carboxylic acids is 1. The molecule has 0 aliphatic carbocycles. The summed E-state index contributed by atoms with van der Waals surface area (Å²) in [5.74, 6) is -0.494. The molecule has 0 saturated heterocycles. The molecular formula is C25H26FN3O2. The zero-order chi connectivity index (χ0) is 22.8. The van der Waals surface area contributed by atoms with Crippen LogP contribution >= 0.6 is 0 Å². The number of nitrogens with zero attached hydrogens (tertiary/aromatic N) is 2. The zero-order valence-corrected chi connectivity index (χ0v) is 18.4. The molecule has 2 aromatic carbocycles. The third-order valence-corrected chi connectivity index (χ3v) is 5.40. The minimum Gasteiger partial charge on any atom is -0.494 e. The molecule has 0 unspecified atom stereocenters. The fraction of sp³-hybridized carbons (Fsp3) is 0.280. The van der Waals surface area contributed by atoms with Crippen LogP contribution in [0.1, 0.15) is 38.8 Å². The molecule has 1 aliphatic heterocycles. The first kappa shape index (κ1) is 22.1. The van der Waals surface area contributed by atoms with Crippen LogP contribution in [-0.4, -0.2) is 25.1 Å². The first-order chi connectivity index (χ1) is 14.7. The van der Waals surface area contributed by atoms with Crippen molar-refractivity contribution in [1.29, 1.82) is 5.26 Å².